The van der Waals surface area contributed by atoms with Crippen molar-refractivity contribution in [2.24, 2.45) is 10.9 Å². The number of amides is 2. The van der Waals surface area contributed by atoms with E-state index in [-0.39, 0.29) is 11.9 Å². The van der Waals surface area contributed by atoms with Crippen LogP contribution >= 0.6 is 0 Å². The molecular formula is C14H24N4O3. The van der Waals surface area contributed by atoms with Gasteiger partial charge in [0.1, 0.15) is 11.9 Å². The molecule has 0 saturated carbocycles. The molecule has 2 amide bonds. The van der Waals surface area contributed by atoms with Crippen molar-refractivity contribution in [1.29, 1.82) is 0 Å². The molecule has 1 saturated heterocycles. The van der Waals surface area contributed by atoms with Gasteiger partial charge in [0, 0.05) is 13.1 Å². The van der Waals surface area contributed by atoms with E-state index in [4.69, 9.17) is 0 Å². The first kappa shape index (κ1) is 15.6. The normalized spacial score (nSPS) is 26.0. The molecule has 0 spiro atoms. The van der Waals surface area contributed by atoms with Gasteiger partial charge in [0.25, 0.3) is 0 Å². The summed E-state index contributed by atoms with van der Waals surface area (Å²) in [5.41, 5.74) is 0. The predicted octanol–water partition coefficient (Wildman–Crippen LogP) is 0.360. The molecule has 2 N–H and O–H groups in total. The third-order valence-corrected chi connectivity index (χ3v) is 3.99. The molecule has 0 aliphatic carbocycles. The Kier molecular flexibility index (Phi) is 5.03. The molecule has 7 heteroatoms. The average molecular weight is 296 g/mol. The quantitative estimate of drug-likeness (QED) is 0.784. The number of aliphatic imine (C=N–C) groups is 1. The Balaban J connectivity index is 2.09. The van der Waals surface area contributed by atoms with Gasteiger partial charge in [-0.1, -0.05) is 13.8 Å². The Morgan fingerprint density at radius 1 is 1.57 bits per heavy atom. The van der Waals surface area contributed by atoms with Crippen LogP contribution in [0.3, 0.4) is 0 Å². The molecule has 0 aromatic carbocycles. The fraction of sp³-hybridized carbons (Fsp3) is 0.786. The van der Waals surface area contributed by atoms with Gasteiger partial charge in [0.05, 0.1) is 19.7 Å². The number of nitrogens with zero attached hydrogens (tertiary/aromatic N) is 2. The molecular weight excluding hydrogens is 272 g/mol. The number of methoxy groups -OCH3 is 1. The summed E-state index contributed by atoms with van der Waals surface area (Å²) in [7, 11) is 1.30. The molecule has 0 unspecified atom stereocenters. The van der Waals surface area contributed by atoms with E-state index in [1.807, 2.05) is 11.8 Å². The molecule has 0 aromatic heterocycles. The topological polar surface area (TPSA) is 83.0 Å². The van der Waals surface area contributed by atoms with Crippen molar-refractivity contribution in [3.8, 4) is 0 Å². The van der Waals surface area contributed by atoms with Crippen molar-refractivity contribution < 1.29 is 14.3 Å². The minimum atomic E-state index is -0.574. The van der Waals surface area contributed by atoms with Crippen molar-refractivity contribution >= 4 is 17.8 Å². The first-order valence-electron chi connectivity index (χ1n) is 7.50. The predicted molar refractivity (Wildman–Crippen MR) is 79.2 cm³/mol. The third-order valence-electron chi connectivity index (χ3n) is 3.99. The number of hydrogen-bond donors (Lipinski definition) is 2. The van der Waals surface area contributed by atoms with E-state index in [0.717, 1.165) is 25.3 Å². The standard InChI is InChI=1S/C14H24N4O3/c1-4-10(17-14(20)21-3)13(19)18-8-9(2)7-11(18)12-15-5-6-16-12/h9-11H,4-8H2,1-3H3,(H,15,16)(H,17,20)/t9-,10+,11+/m1/s1. The van der Waals surface area contributed by atoms with Gasteiger partial charge in [-0.3, -0.25) is 9.79 Å². The van der Waals surface area contributed by atoms with Crippen LogP contribution in [0.5, 0.6) is 0 Å². The van der Waals surface area contributed by atoms with Crippen molar-refractivity contribution in [1.82, 2.24) is 15.5 Å². The van der Waals surface area contributed by atoms with E-state index >= 15 is 0 Å². The van der Waals surface area contributed by atoms with Crippen LogP contribution < -0.4 is 10.6 Å². The number of ether oxygens (including phenoxy) is 1. The number of alkyl carbamates (subject to hydrolysis) is 1. The maximum Gasteiger partial charge on any atom is 0.407 e. The summed E-state index contributed by atoms with van der Waals surface area (Å²) in [6, 6.07) is -0.546. The second kappa shape index (κ2) is 6.78. The smallest absolute Gasteiger partial charge is 0.407 e. The highest BCUT2D eigenvalue weighted by Gasteiger charge is 2.39. The maximum atomic E-state index is 12.7. The summed E-state index contributed by atoms with van der Waals surface area (Å²) in [6.07, 6.45) is 0.868. The molecule has 118 valence electrons. The van der Waals surface area contributed by atoms with Gasteiger partial charge < -0.3 is 20.3 Å². The van der Waals surface area contributed by atoms with Gasteiger partial charge in [-0.25, -0.2) is 4.79 Å². The molecule has 3 atom stereocenters. The lowest BCUT2D eigenvalue weighted by atomic mass is 10.1. The van der Waals surface area contributed by atoms with Crippen LogP contribution in [0.1, 0.15) is 26.7 Å². The Hall–Kier alpha value is -1.79. The van der Waals surface area contributed by atoms with Gasteiger partial charge in [-0.2, -0.15) is 0 Å². The third kappa shape index (κ3) is 3.46. The zero-order valence-electron chi connectivity index (χ0n) is 12.9. The largest absolute Gasteiger partial charge is 0.453 e. The van der Waals surface area contributed by atoms with E-state index in [1.165, 1.54) is 7.11 Å². The number of carbonyl (C=O) groups excluding carboxylic acids is 2. The molecule has 1 fully saturated rings. The molecule has 21 heavy (non-hydrogen) atoms. The van der Waals surface area contributed by atoms with Crippen molar-refractivity contribution in [3.05, 3.63) is 0 Å². The van der Waals surface area contributed by atoms with E-state index in [9.17, 15) is 9.59 Å². The number of likely N-dealkylation sites (tertiary alicyclic amines) is 1. The summed E-state index contributed by atoms with van der Waals surface area (Å²) in [6.45, 7) is 6.30. The van der Waals surface area contributed by atoms with Crippen LogP contribution in [0.2, 0.25) is 0 Å². The molecule has 7 nitrogen and oxygen atoms in total. The van der Waals surface area contributed by atoms with Gasteiger partial charge in [0.15, 0.2) is 0 Å². The van der Waals surface area contributed by atoms with Gasteiger partial charge in [0.2, 0.25) is 5.91 Å². The fourth-order valence-electron chi connectivity index (χ4n) is 2.93. The van der Waals surface area contributed by atoms with E-state index in [1.54, 1.807) is 0 Å². The summed E-state index contributed by atoms with van der Waals surface area (Å²) >= 11 is 0. The van der Waals surface area contributed by atoms with Crippen molar-refractivity contribution in [2.75, 3.05) is 26.7 Å². The number of hydrogen-bond acceptors (Lipinski definition) is 5. The SMILES string of the molecule is CC[C@H](NC(=O)OC)C(=O)N1C[C@H](C)C[C@H]1C1=NCCN1. The van der Waals surface area contributed by atoms with Gasteiger partial charge >= 0.3 is 6.09 Å². The Labute approximate surface area is 125 Å². The van der Waals surface area contributed by atoms with E-state index < -0.39 is 12.1 Å². The minimum Gasteiger partial charge on any atom is -0.453 e. The fourth-order valence-corrected chi connectivity index (χ4v) is 2.93. The Morgan fingerprint density at radius 2 is 2.33 bits per heavy atom. The highest BCUT2D eigenvalue weighted by Crippen LogP contribution is 2.25. The molecule has 2 rings (SSSR count). The second-order valence-electron chi connectivity index (χ2n) is 5.64. The van der Waals surface area contributed by atoms with Crippen LogP contribution in [0.4, 0.5) is 4.79 Å². The maximum absolute atomic E-state index is 12.7. The molecule has 0 radical (unpaired) electrons. The van der Waals surface area contributed by atoms with Crippen LogP contribution in [-0.2, 0) is 9.53 Å². The number of rotatable bonds is 4. The highest BCUT2D eigenvalue weighted by molar-refractivity contribution is 5.95. The van der Waals surface area contributed by atoms with Crippen LogP contribution in [0.25, 0.3) is 0 Å². The number of carbonyl (C=O) groups is 2. The first-order valence-corrected chi connectivity index (χ1v) is 7.50. The van der Waals surface area contributed by atoms with Gasteiger partial charge in [-0.05, 0) is 18.8 Å². The highest BCUT2D eigenvalue weighted by atomic mass is 16.5. The lowest BCUT2D eigenvalue weighted by Crippen LogP contribution is -2.52. The van der Waals surface area contributed by atoms with Gasteiger partial charge in [-0.15, -0.1) is 0 Å². The van der Waals surface area contributed by atoms with Crippen molar-refractivity contribution in [2.45, 2.75) is 38.8 Å². The molecule has 0 aromatic rings. The number of nitrogens with one attached hydrogen (secondary N) is 2. The van der Waals surface area contributed by atoms with E-state index in [0.29, 0.717) is 18.9 Å². The summed E-state index contributed by atoms with van der Waals surface area (Å²) in [5, 5.41) is 5.86. The summed E-state index contributed by atoms with van der Waals surface area (Å²) < 4.78 is 4.59. The monoisotopic (exact) mass is 296 g/mol. The Bertz CT molecular complexity index is 438. The lowest BCUT2D eigenvalue weighted by molar-refractivity contribution is -0.133. The second-order valence-corrected chi connectivity index (χ2v) is 5.64. The lowest BCUT2D eigenvalue weighted by Gasteiger charge is -2.28. The molecule has 2 aliphatic heterocycles. The molecule has 2 heterocycles. The zero-order valence-corrected chi connectivity index (χ0v) is 12.9. The molecule has 2 aliphatic rings. The number of amidine groups is 1. The van der Waals surface area contributed by atoms with Crippen LogP contribution in [0, 0.1) is 5.92 Å². The minimum absolute atomic E-state index is 0.00324. The summed E-state index contributed by atoms with van der Waals surface area (Å²) in [4.78, 5) is 30.4. The van der Waals surface area contributed by atoms with Crippen LogP contribution in [-0.4, -0.2) is 61.6 Å². The Morgan fingerprint density at radius 3 is 2.90 bits per heavy atom. The molecule has 0 bridgehead atoms. The average Bonchev–Trinajstić information content (AvgIpc) is 3.12. The zero-order chi connectivity index (χ0) is 15.4. The van der Waals surface area contributed by atoms with Crippen molar-refractivity contribution in [3.63, 3.8) is 0 Å². The first-order chi connectivity index (χ1) is 10.1. The summed E-state index contributed by atoms with van der Waals surface area (Å²) in [5.74, 6) is 1.27. The van der Waals surface area contributed by atoms with E-state index in [2.05, 4.69) is 27.3 Å². The van der Waals surface area contributed by atoms with Crippen LogP contribution in [0.15, 0.2) is 4.99 Å².